The maximum atomic E-state index is 4.07. The molecule has 0 N–H and O–H groups in total. The van der Waals surface area contributed by atoms with E-state index in [-0.39, 0.29) is 0 Å². The van der Waals surface area contributed by atoms with Gasteiger partial charge in [-0.25, -0.2) is 0 Å². The summed E-state index contributed by atoms with van der Waals surface area (Å²) < 4.78 is 0. The topological polar surface area (TPSA) is 0 Å². The van der Waals surface area contributed by atoms with E-state index in [1.54, 1.807) is 11.1 Å². The van der Waals surface area contributed by atoms with Crippen LogP contribution in [-0.4, -0.2) is 4.83 Å². The second-order valence-electron chi connectivity index (χ2n) is 6.45. The van der Waals surface area contributed by atoms with Crippen LogP contribution in [0.1, 0.15) is 35.4 Å². The lowest BCUT2D eigenvalue weighted by molar-refractivity contribution is 0.291. The molecule has 102 valence electrons. The molecule has 0 spiro atoms. The Kier molecular flexibility index (Phi) is 2.99. The molecule has 0 saturated heterocycles. The fourth-order valence-corrected chi connectivity index (χ4v) is 5.44. The van der Waals surface area contributed by atoms with Crippen LogP contribution in [-0.2, 0) is 12.8 Å². The van der Waals surface area contributed by atoms with E-state index in [2.05, 4.69) is 70.5 Å². The SMILES string of the molecule is BrC1C2CCC1(Cc1ccccc1)Cc1ccccc12. The van der Waals surface area contributed by atoms with E-state index in [0.717, 1.165) is 0 Å². The van der Waals surface area contributed by atoms with E-state index in [1.165, 1.54) is 31.2 Å². The van der Waals surface area contributed by atoms with Crippen molar-refractivity contribution in [3.8, 4) is 0 Å². The van der Waals surface area contributed by atoms with Gasteiger partial charge in [-0.3, -0.25) is 0 Å². The van der Waals surface area contributed by atoms with Crippen LogP contribution in [0, 0.1) is 5.41 Å². The lowest BCUT2D eigenvalue weighted by Gasteiger charge is -2.39. The first-order valence-electron chi connectivity index (χ1n) is 7.54. The van der Waals surface area contributed by atoms with Gasteiger partial charge in [0.1, 0.15) is 0 Å². The minimum absolute atomic E-state index is 0.417. The Balaban J connectivity index is 1.73. The highest BCUT2D eigenvalue weighted by Gasteiger charge is 2.51. The molecule has 2 aliphatic rings. The second kappa shape index (κ2) is 4.73. The summed E-state index contributed by atoms with van der Waals surface area (Å²) in [5.41, 5.74) is 5.08. The standard InChI is InChI=1S/C19H19Br/c20-18-17-10-11-19(18,12-14-6-2-1-3-7-14)13-15-8-4-5-9-16(15)17/h1-9,17-18H,10-13H2. The molecular weight excluding hydrogens is 308 g/mol. The number of fused-ring (bicyclic) bond motifs is 4. The van der Waals surface area contributed by atoms with Crippen LogP contribution < -0.4 is 0 Å². The van der Waals surface area contributed by atoms with Crippen molar-refractivity contribution in [1.82, 2.24) is 0 Å². The zero-order valence-electron chi connectivity index (χ0n) is 11.6. The van der Waals surface area contributed by atoms with Gasteiger partial charge in [0.05, 0.1) is 0 Å². The van der Waals surface area contributed by atoms with Crippen molar-refractivity contribution in [2.75, 3.05) is 0 Å². The Hall–Kier alpha value is -1.08. The summed E-state index contributed by atoms with van der Waals surface area (Å²) >= 11 is 4.07. The number of hydrogen-bond acceptors (Lipinski definition) is 0. The highest BCUT2D eigenvalue weighted by molar-refractivity contribution is 9.09. The van der Waals surface area contributed by atoms with Crippen LogP contribution in [0.5, 0.6) is 0 Å². The van der Waals surface area contributed by atoms with Gasteiger partial charge in [-0.1, -0.05) is 70.5 Å². The Morgan fingerprint density at radius 1 is 1.00 bits per heavy atom. The van der Waals surface area contributed by atoms with Gasteiger partial charge in [0.15, 0.2) is 0 Å². The molecule has 3 unspecified atom stereocenters. The largest absolute Gasteiger partial charge is 0.0878 e. The lowest BCUT2D eigenvalue weighted by Crippen LogP contribution is -2.37. The average molecular weight is 327 g/mol. The predicted molar refractivity (Wildman–Crippen MR) is 87.4 cm³/mol. The van der Waals surface area contributed by atoms with Crippen LogP contribution in [0.25, 0.3) is 0 Å². The van der Waals surface area contributed by atoms with E-state index in [0.29, 0.717) is 16.2 Å². The number of hydrogen-bond donors (Lipinski definition) is 0. The van der Waals surface area contributed by atoms with Crippen molar-refractivity contribution in [3.05, 3.63) is 71.3 Å². The molecule has 0 nitrogen and oxygen atoms in total. The molecule has 2 bridgehead atoms. The van der Waals surface area contributed by atoms with Gasteiger partial charge in [0, 0.05) is 4.83 Å². The van der Waals surface area contributed by atoms with Crippen molar-refractivity contribution < 1.29 is 0 Å². The summed E-state index contributed by atoms with van der Waals surface area (Å²) in [6.07, 6.45) is 5.11. The Morgan fingerprint density at radius 3 is 2.60 bits per heavy atom. The third kappa shape index (κ3) is 1.87. The first kappa shape index (κ1) is 12.6. The molecule has 20 heavy (non-hydrogen) atoms. The highest BCUT2D eigenvalue weighted by Crippen LogP contribution is 2.58. The van der Waals surface area contributed by atoms with Crippen LogP contribution in [0.2, 0.25) is 0 Å². The molecule has 1 fully saturated rings. The van der Waals surface area contributed by atoms with Gasteiger partial charge in [0.25, 0.3) is 0 Å². The van der Waals surface area contributed by atoms with E-state index in [4.69, 9.17) is 0 Å². The minimum Gasteiger partial charge on any atom is -0.0878 e. The first-order valence-corrected chi connectivity index (χ1v) is 8.46. The third-order valence-electron chi connectivity index (χ3n) is 5.29. The summed E-state index contributed by atoms with van der Waals surface area (Å²) in [5.74, 6) is 0.712. The number of alkyl halides is 1. The van der Waals surface area contributed by atoms with Gasteiger partial charge >= 0.3 is 0 Å². The van der Waals surface area contributed by atoms with Crippen LogP contribution in [0.3, 0.4) is 0 Å². The predicted octanol–water partition coefficient (Wildman–Crippen LogP) is 5.11. The van der Waals surface area contributed by atoms with E-state index in [9.17, 15) is 0 Å². The maximum Gasteiger partial charge on any atom is 0.0277 e. The van der Waals surface area contributed by atoms with Gasteiger partial charge in [-0.2, -0.15) is 0 Å². The van der Waals surface area contributed by atoms with Gasteiger partial charge in [-0.05, 0) is 53.7 Å². The zero-order valence-corrected chi connectivity index (χ0v) is 13.1. The minimum atomic E-state index is 0.417. The fourth-order valence-electron chi connectivity index (χ4n) is 4.34. The first-order chi connectivity index (χ1) is 9.78. The second-order valence-corrected chi connectivity index (χ2v) is 7.43. The molecule has 0 amide bonds. The van der Waals surface area contributed by atoms with Crippen molar-refractivity contribution in [1.29, 1.82) is 0 Å². The maximum absolute atomic E-state index is 4.07. The molecular formula is C19H19Br. The fraction of sp³-hybridized carbons (Fsp3) is 0.368. The molecule has 0 aromatic heterocycles. The lowest BCUT2D eigenvalue weighted by atomic mass is 9.69. The smallest absolute Gasteiger partial charge is 0.0277 e. The number of halogens is 1. The van der Waals surface area contributed by atoms with Crippen LogP contribution in [0.15, 0.2) is 54.6 Å². The molecule has 0 heterocycles. The summed E-state index contributed by atoms with van der Waals surface area (Å²) in [7, 11) is 0. The van der Waals surface area contributed by atoms with Crippen molar-refractivity contribution in [2.24, 2.45) is 5.41 Å². The summed E-state index contributed by atoms with van der Waals surface area (Å²) in [6, 6.07) is 20.1. The monoisotopic (exact) mass is 326 g/mol. The zero-order chi connectivity index (χ0) is 13.6. The molecule has 2 aromatic carbocycles. The highest BCUT2D eigenvalue weighted by atomic mass is 79.9. The summed E-state index contributed by atoms with van der Waals surface area (Å²) in [5, 5.41) is 0. The van der Waals surface area contributed by atoms with Gasteiger partial charge < -0.3 is 0 Å². The Bertz CT molecular complexity index is 619. The summed E-state index contributed by atoms with van der Waals surface area (Å²) in [6.45, 7) is 0. The van der Waals surface area contributed by atoms with E-state index in [1.807, 2.05) is 0 Å². The molecule has 1 saturated carbocycles. The normalized spacial score (nSPS) is 31.1. The van der Waals surface area contributed by atoms with Crippen molar-refractivity contribution in [3.63, 3.8) is 0 Å². The summed E-state index contributed by atoms with van der Waals surface area (Å²) in [4.78, 5) is 0.630. The quantitative estimate of drug-likeness (QED) is 0.672. The molecule has 0 aliphatic heterocycles. The Labute approximate surface area is 129 Å². The van der Waals surface area contributed by atoms with Crippen molar-refractivity contribution in [2.45, 2.75) is 36.4 Å². The average Bonchev–Trinajstić information content (AvgIpc) is 2.69. The molecule has 4 rings (SSSR count). The number of rotatable bonds is 2. The molecule has 0 radical (unpaired) electrons. The molecule has 1 heteroatoms. The van der Waals surface area contributed by atoms with E-state index < -0.39 is 0 Å². The number of benzene rings is 2. The molecule has 2 aromatic rings. The van der Waals surface area contributed by atoms with Gasteiger partial charge in [0.2, 0.25) is 0 Å². The third-order valence-corrected chi connectivity index (χ3v) is 6.90. The van der Waals surface area contributed by atoms with Crippen molar-refractivity contribution >= 4 is 15.9 Å². The van der Waals surface area contributed by atoms with E-state index >= 15 is 0 Å². The molecule has 2 aliphatic carbocycles. The molecule has 3 atom stereocenters. The van der Waals surface area contributed by atoms with Crippen LogP contribution in [0.4, 0.5) is 0 Å². The van der Waals surface area contributed by atoms with Crippen LogP contribution >= 0.6 is 15.9 Å². The Morgan fingerprint density at radius 2 is 1.75 bits per heavy atom. The van der Waals surface area contributed by atoms with Gasteiger partial charge in [-0.15, -0.1) is 0 Å².